The first-order valence-corrected chi connectivity index (χ1v) is 7.44. The lowest BCUT2D eigenvalue weighted by molar-refractivity contribution is -0.122. The second-order valence-corrected chi connectivity index (χ2v) is 5.38. The van der Waals surface area contributed by atoms with Crippen molar-refractivity contribution in [1.82, 2.24) is 0 Å². The van der Waals surface area contributed by atoms with E-state index in [9.17, 15) is 9.18 Å². The molecule has 1 saturated heterocycles. The van der Waals surface area contributed by atoms with Crippen molar-refractivity contribution in [3.63, 3.8) is 0 Å². The molecule has 1 aliphatic heterocycles. The van der Waals surface area contributed by atoms with E-state index in [1.165, 1.54) is 24.1 Å². The van der Waals surface area contributed by atoms with Gasteiger partial charge in [0.1, 0.15) is 5.76 Å². The molecule has 0 bridgehead atoms. The molecule has 0 saturated carbocycles. The molecule has 0 N–H and O–H groups in total. The number of methoxy groups -OCH3 is 1. The van der Waals surface area contributed by atoms with Crippen molar-refractivity contribution < 1.29 is 23.1 Å². The van der Waals surface area contributed by atoms with Crippen molar-refractivity contribution in [2.45, 2.75) is 13.0 Å². The smallest absolute Gasteiger partial charge is 0.232 e. The Morgan fingerprint density at radius 2 is 2.30 bits per heavy atom. The summed E-state index contributed by atoms with van der Waals surface area (Å²) < 4.78 is 29.6. The summed E-state index contributed by atoms with van der Waals surface area (Å²) in [5.74, 6) is -0.0413. The number of anilines is 1. The van der Waals surface area contributed by atoms with Gasteiger partial charge in [-0.1, -0.05) is 0 Å². The van der Waals surface area contributed by atoms with Gasteiger partial charge in [-0.05, 0) is 30.7 Å². The normalized spacial score (nSPS) is 17.2. The van der Waals surface area contributed by atoms with Gasteiger partial charge in [0.05, 0.1) is 32.4 Å². The number of amides is 1. The Morgan fingerprint density at radius 3 is 2.91 bits per heavy atom. The molecule has 0 spiro atoms. The first-order valence-electron chi connectivity index (χ1n) is 7.44. The number of hydrogen-bond acceptors (Lipinski definition) is 4. The van der Waals surface area contributed by atoms with Crippen LogP contribution in [-0.2, 0) is 16.1 Å². The van der Waals surface area contributed by atoms with E-state index in [1.807, 2.05) is 0 Å². The minimum atomic E-state index is -0.509. The molecule has 0 radical (unpaired) electrons. The molecule has 6 heteroatoms. The molecule has 122 valence electrons. The molecular weight excluding hydrogens is 301 g/mol. The number of carbonyl (C=O) groups excluding carboxylic acids is 1. The van der Waals surface area contributed by atoms with Gasteiger partial charge in [-0.15, -0.1) is 0 Å². The Hall–Kier alpha value is -2.34. The summed E-state index contributed by atoms with van der Waals surface area (Å²) in [6.45, 7) is 1.21. The number of benzene rings is 1. The average Bonchev–Trinajstić information content (AvgIpc) is 3.25. The third-order valence-corrected chi connectivity index (χ3v) is 3.89. The highest BCUT2D eigenvalue weighted by atomic mass is 19.1. The van der Waals surface area contributed by atoms with Gasteiger partial charge in [-0.25, -0.2) is 4.39 Å². The molecule has 0 aliphatic carbocycles. The van der Waals surface area contributed by atoms with E-state index in [4.69, 9.17) is 13.9 Å². The van der Waals surface area contributed by atoms with Crippen LogP contribution in [0.1, 0.15) is 12.2 Å². The van der Waals surface area contributed by atoms with Crippen molar-refractivity contribution in [1.29, 1.82) is 0 Å². The van der Waals surface area contributed by atoms with Crippen LogP contribution in [0, 0.1) is 11.7 Å². The highest BCUT2D eigenvalue weighted by Crippen LogP contribution is 2.27. The second kappa shape index (κ2) is 6.83. The van der Waals surface area contributed by atoms with Crippen molar-refractivity contribution >= 4 is 11.6 Å². The highest BCUT2D eigenvalue weighted by Gasteiger charge is 2.29. The van der Waals surface area contributed by atoms with Gasteiger partial charge in [0.2, 0.25) is 5.91 Å². The number of carbonyl (C=O) groups is 1. The number of furan rings is 1. The van der Waals surface area contributed by atoms with Crippen LogP contribution in [0.5, 0.6) is 5.75 Å². The number of rotatable bonds is 5. The third-order valence-electron chi connectivity index (χ3n) is 3.89. The summed E-state index contributed by atoms with van der Waals surface area (Å²) in [5, 5.41) is 0. The van der Waals surface area contributed by atoms with Crippen LogP contribution in [0.2, 0.25) is 0 Å². The Kier molecular flexibility index (Phi) is 4.62. The summed E-state index contributed by atoms with van der Waals surface area (Å²) in [6, 6.07) is 8.02. The maximum absolute atomic E-state index is 14.0. The molecule has 23 heavy (non-hydrogen) atoms. The Labute approximate surface area is 133 Å². The quantitative estimate of drug-likeness (QED) is 0.850. The molecule has 1 atom stereocenters. The second-order valence-electron chi connectivity index (χ2n) is 5.38. The monoisotopic (exact) mass is 319 g/mol. The van der Waals surface area contributed by atoms with Gasteiger partial charge in [0, 0.05) is 18.4 Å². The highest BCUT2D eigenvalue weighted by molar-refractivity contribution is 5.95. The molecule has 0 unspecified atom stereocenters. The summed E-state index contributed by atoms with van der Waals surface area (Å²) in [4.78, 5) is 14.3. The molecule has 1 amide bonds. The molecule has 1 aromatic carbocycles. The fourth-order valence-electron chi connectivity index (χ4n) is 2.63. The molecule has 5 nitrogen and oxygen atoms in total. The van der Waals surface area contributed by atoms with Gasteiger partial charge in [0.25, 0.3) is 0 Å². The van der Waals surface area contributed by atoms with Crippen LogP contribution in [0.25, 0.3) is 0 Å². The van der Waals surface area contributed by atoms with Crippen LogP contribution in [0.15, 0.2) is 41.0 Å². The van der Waals surface area contributed by atoms with Crippen molar-refractivity contribution in [2.24, 2.45) is 5.92 Å². The molecule has 2 heterocycles. The lowest BCUT2D eigenvalue weighted by Gasteiger charge is -2.24. The Morgan fingerprint density at radius 1 is 1.43 bits per heavy atom. The van der Waals surface area contributed by atoms with Crippen molar-refractivity contribution in [3.8, 4) is 5.75 Å². The Balaban J connectivity index is 1.90. The summed E-state index contributed by atoms with van der Waals surface area (Å²) in [7, 11) is 1.40. The van der Waals surface area contributed by atoms with Crippen LogP contribution in [-0.4, -0.2) is 26.2 Å². The molecule has 3 rings (SSSR count). The van der Waals surface area contributed by atoms with E-state index in [0.717, 1.165) is 0 Å². The van der Waals surface area contributed by atoms with Crippen molar-refractivity contribution in [3.05, 3.63) is 48.2 Å². The van der Waals surface area contributed by atoms with E-state index in [1.54, 1.807) is 24.5 Å². The number of ether oxygens (including phenoxy) is 2. The lowest BCUT2D eigenvalue weighted by Crippen LogP contribution is -2.36. The zero-order valence-corrected chi connectivity index (χ0v) is 12.8. The van der Waals surface area contributed by atoms with Crippen molar-refractivity contribution in [2.75, 3.05) is 25.2 Å². The number of nitrogens with zero attached hydrogens (tertiary/aromatic N) is 1. The predicted octanol–water partition coefficient (Wildman–Crippen LogP) is 3.00. The average molecular weight is 319 g/mol. The number of halogens is 1. The lowest BCUT2D eigenvalue weighted by atomic mass is 10.1. The SMILES string of the molecule is COc1ccc(N(Cc2ccco2)C(=O)[C@@H]2CCOC2)cc1F. The molecule has 2 aromatic rings. The van der Waals surface area contributed by atoms with Crippen LogP contribution in [0.3, 0.4) is 0 Å². The fraction of sp³-hybridized carbons (Fsp3) is 0.353. The standard InChI is InChI=1S/C17H18FNO4/c1-21-16-5-4-13(9-15(16)18)19(10-14-3-2-7-23-14)17(20)12-6-8-22-11-12/h2-5,7,9,12H,6,8,10-11H2,1H3/t12-/m1/s1. The topological polar surface area (TPSA) is 51.9 Å². The zero-order valence-electron chi connectivity index (χ0n) is 12.8. The fourth-order valence-corrected chi connectivity index (χ4v) is 2.63. The zero-order chi connectivity index (χ0) is 16.2. The first kappa shape index (κ1) is 15.6. The maximum atomic E-state index is 14.0. The third kappa shape index (κ3) is 3.37. The minimum Gasteiger partial charge on any atom is -0.494 e. The van der Waals surface area contributed by atoms with E-state index < -0.39 is 5.82 Å². The van der Waals surface area contributed by atoms with Gasteiger partial charge >= 0.3 is 0 Å². The van der Waals surface area contributed by atoms with E-state index in [0.29, 0.717) is 31.1 Å². The van der Waals surface area contributed by atoms with Crippen LogP contribution >= 0.6 is 0 Å². The van der Waals surface area contributed by atoms with Crippen LogP contribution in [0.4, 0.5) is 10.1 Å². The molecule has 1 fully saturated rings. The largest absolute Gasteiger partial charge is 0.494 e. The summed E-state index contributed by atoms with van der Waals surface area (Å²) in [5.41, 5.74) is 0.469. The van der Waals surface area contributed by atoms with Gasteiger partial charge in [-0.2, -0.15) is 0 Å². The van der Waals surface area contributed by atoms with E-state index >= 15 is 0 Å². The van der Waals surface area contributed by atoms with Crippen LogP contribution < -0.4 is 9.64 Å². The van der Waals surface area contributed by atoms with Gasteiger partial charge in [-0.3, -0.25) is 4.79 Å². The van der Waals surface area contributed by atoms with E-state index in [2.05, 4.69) is 0 Å². The maximum Gasteiger partial charge on any atom is 0.232 e. The summed E-state index contributed by atoms with van der Waals surface area (Å²) in [6.07, 6.45) is 2.22. The molecule has 1 aliphatic rings. The predicted molar refractivity (Wildman–Crippen MR) is 81.8 cm³/mol. The molecule has 1 aromatic heterocycles. The van der Waals surface area contributed by atoms with E-state index in [-0.39, 0.29) is 24.1 Å². The minimum absolute atomic E-state index is 0.0940. The first-order chi connectivity index (χ1) is 11.2. The summed E-state index contributed by atoms with van der Waals surface area (Å²) >= 11 is 0. The Bertz CT molecular complexity index is 665. The molecular formula is C17H18FNO4. The van der Waals surface area contributed by atoms with Gasteiger partial charge in [0.15, 0.2) is 11.6 Å². The van der Waals surface area contributed by atoms with Gasteiger partial charge < -0.3 is 18.8 Å². The number of hydrogen-bond donors (Lipinski definition) is 0.